The molecule has 2 aromatic heterocycles. The van der Waals surface area contributed by atoms with Gasteiger partial charge in [0.2, 0.25) is 0 Å². The average molecular weight is 180 g/mol. The number of rotatable bonds is 1. The maximum Gasteiger partial charge on any atom is 0.310 e. The van der Waals surface area contributed by atoms with Crippen molar-refractivity contribution in [2.24, 2.45) is 0 Å². The minimum absolute atomic E-state index is 0.142. The molecule has 2 aromatic rings. The fourth-order valence-electron chi connectivity index (χ4n) is 1.23. The molecule has 4 nitrogen and oxygen atoms in total. The van der Waals surface area contributed by atoms with Crippen LogP contribution in [0.4, 0.5) is 4.39 Å². The summed E-state index contributed by atoms with van der Waals surface area (Å²) in [5.41, 5.74) is 1.75. The highest BCUT2D eigenvalue weighted by Gasteiger charge is 2.12. The number of imidazole rings is 1. The van der Waals surface area contributed by atoms with Crippen LogP contribution in [0.2, 0.25) is 0 Å². The fraction of sp³-hybridized carbons (Fsp3) is 0.375. The standard InChI is InChI=1S/C8H9FN4/c1-4(2)5-6-7(11-3-10-6)13-8(9)12-5/h3-4H,1-2H3,(H,10,11,12,13). The highest BCUT2D eigenvalue weighted by Crippen LogP contribution is 2.18. The van der Waals surface area contributed by atoms with Crippen LogP contribution in [-0.4, -0.2) is 19.9 Å². The number of nitrogens with zero attached hydrogens (tertiary/aromatic N) is 3. The number of fused-ring (bicyclic) bond motifs is 1. The number of nitrogens with one attached hydrogen (secondary N) is 1. The third kappa shape index (κ3) is 1.26. The lowest BCUT2D eigenvalue weighted by atomic mass is 10.1. The molecule has 0 spiro atoms. The van der Waals surface area contributed by atoms with Gasteiger partial charge in [-0.05, 0) is 5.92 Å². The Morgan fingerprint density at radius 3 is 2.85 bits per heavy atom. The van der Waals surface area contributed by atoms with Gasteiger partial charge in [-0.1, -0.05) is 13.8 Å². The molecule has 0 radical (unpaired) electrons. The minimum Gasteiger partial charge on any atom is -0.329 e. The van der Waals surface area contributed by atoms with Crippen LogP contribution in [0.25, 0.3) is 11.2 Å². The molecule has 0 amide bonds. The lowest BCUT2D eigenvalue weighted by Crippen LogP contribution is -1.99. The van der Waals surface area contributed by atoms with E-state index in [-0.39, 0.29) is 5.92 Å². The van der Waals surface area contributed by atoms with Gasteiger partial charge in [-0.3, -0.25) is 0 Å². The van der Waals surface area contributed by atoms with Gasteiger partial charge in [0.25, 0.3) is 0 Å². The van der Waals surface area contributed by atoms with E-state index in [9.17, 15) is 4.39 Å². The third-order valence-corrected chi connectivity index (χ3v) is 1.83. The molecule has 0 aliphatic heterocycles. The molecule has 0 saturated carbocycles. The predicted molar refractivity (Wildman–Crippen MR) is 45.7 cm³/mol. The second kappa shape index (κ2) is 2.76. The van der Waals surface area contributed by atoms with Crippen LogP contribution < -0.4 is 0 Å². The van der Waals surface area contributed by atoms with E-state index in [2.05, 4.69) is 19.9 Å². The third-order valence-electron chi connectivity index (χ3n) is 1.83. The Hall–Kier alpha value is -1.52. The smallest absolute Gasteiger partial charge is 0.310 e. The zero-order valence-corrected chi connectivity index (χ0v) is 7.37. The maximum absolute atomic E-state index is 12.9. The normalized spacial score (nSPS) is 11.4. The molecule has 0 atom stereocenters. The van der Waals surface area contributed by atoms with Gasteiger partial charge in [0.15, 0.2) is 5.65 Å². The molecule has 5 heteroatoms. The van der Waals surface area contributed by atoms with Gasteiger partial charge >= 0.3 is 6.08 Å². The van der Waals surface area contributed by atoms with Crippen LogP contribution in [0, 0.1) is 6.08 Å². The van der Waals surface area contributed by atoms with Crippen molar-refractivity contribution >= 4 is 11.2 Å². The predicted octanol–water partition coefficient (Wildman–Crippen LogP) is 1.62. The van der Waals surface area contributed by atoms with Crippen LogP contribution in [0.15, 0.2) is 6.33 Å². The van der Waals surface area contributed by atoms with Crippen molar-refractivity contribution in [3.63, 3.8) is 0 Å². The Bertz CT molecular complexity index is 435. The van der Waals surface area contributed by atoms with Gasteiger partial charge < -0.3 is 4.98 Å². The second-order valence-electron chi connectivity index (χ2n) is 3.13. The molecule has 68 valence electrons. The Balaban J connectivity index is 2.77. The molecule has 13 heavy (non-hydrogen) atoms. The first-order chi connectivity index (χ1) is 6.18. The van der Waals surface area contributed by atoms with Crippen molar-refractivity contribution in [3.05, 3.63) is 18.1 Å². The van der Waals surface area contributed by atoms with Crippen molar-refractivity contribution in [3.8, 4) is 0 Å². The van der Waals surface area contributed by atoms with E-state index < -0.39 is 6.08 Å². The molecule has 1 N–H and O–H groups in total. The molecule has 0 unspecified atom stereocenters. The SMILES string of the molecule is CC(C)c1nc(F)nc2[nH]cnc12. The zero-order valence-electron chi connectivity index (χ0n) is 7.37. The lowest BCUT2D eigenvalue weighted by Gasteiger charge is -2.03. The first kappa shape index (κ1) is 8.10. The molecule has 0 bridgehead atoms. The number of H-pyrrole nitrogens is 1. The van der Waals surface area contributed by atoms with E-state index in [0.717, 1.165) is 0 Å². The minimum atomic E-state index is -0.708. The molecular formula is C8H9FN4. The summed E-state index contributed by atoms with van der Waals surface area (Å²) >= 11 is 0. The summed E-state index contributed by atoms with van der Waals surface area (Å²) in [5, 5.41) is 0. The number of hydrogen-bond acceptors (Lipinski definition) is 3. The molecule has 2 heterocycles. The fourth-order valence-corrected chi connectivity index (χ4v) is 1.23. The molecule has 0 aromatic carbocycles. The van der Waals surface area contributed by atoms with Crippen LogP contribution >= 0.6 is 0 Å². The van der Waals surface area contributed by atoms with Gasteiger partial charge in [0.1, 0.15) is 5.52 Å². The van der Waals surface area contributed by atoms with E-state index in [4.69, 9.17) is 0 Å². The van der Waals surface area contributed by atoms with Crippen LogP contribution in [0.1, 0.15) is 25.5 Å². The molecule has 0 aliphatic rings. The van der Waals surface area contributed by atoms with Crippen LogP contribution in [0.5, 0.6) is 0 Å². The summed E-state index contributed by atoms with van der Waals surface area (Å²) < 4.78 is 12.9. The summed E-state index contributed by atoms with van der Waals surface area (Å²) in [4.78, 5) is 14.1. The summed E-state index contributed by atoms with van der Waals surface area (Å²) in [6.07, 6.45) is 0.783. The molecule has 0 fully saturated rings. The van der Waals surface area contributed by atoms with Crippen molar-refractivity contribution in [2.45, 2.75) is 19.8 Å². The first-order valence-electron chi connectivity index (χ1n) is 4.05. The monoisotopic (exact) mass is 180 g/mol. The number of aromatic nitrogens is 4. The Morgan fingerprint density at radius 1 is 1.38 bits per heavy atom. The van der Waals surface area contributed by atoms with Crippen LogP contribution in [0.3, 0.4) is 0 Å². The van der Waals surface area contributed by atoms with Crippen molar-refractivity contribution in [1.29, 1.82) is 0 Å². The van der Waals surface area contributed by atoms with Gasteiger partial charge in [-0.15, -0.1) is 0 Å². The maximum atomic E-state index is 12.9. The van der Waals surface area contributed by atoms with E-state index in [1.54, 1.807) is 0 Å². The average Bonchev–Trinajstić information content (AvgIpc) is 2.49. The Morgan fingerprint density at radius 2 is 2.15 bits per heavy atom. The zero-order chi connectivity index (χ0) is 9.42. The second-order valence-corrected chi connectivity index (χ2v) is 3.13. The van der Waals surface area contributed by atoms with E-state index in [0.29, 0.717) is 16.9 Å². The molecule has 0 aliphatic carbocycles. The summed E-state index contributed by atoms with van der Waals surface area (Å²) in [6.45, 7) is 3.88. The van der Waals surface area contributed by atoms with Gasteiger partial charge in [-0.2, -0.15) is 9.37 Å². The van der Waals surface area contributed by atoms with Gasteiger partial charge in [0, 0.05) is 0 Å². The topological polar surface area (TPSA) is 54.5 Å². The van der Waals surface area contributed by atoms with E-state index >= 15 is 0 Å². The Labute approximate surface area is 74.2 Å². The quantitative estimate of drug-likeness (QED) is 0.678. The number of halogens is 1. The van der Waals surface area contributed by atoms with E-state index in [1.807, 2.05) is 13.8 Å². The van der Waals surface area contributed by atoms with Crippen molar-refractivity contribution in [2.75, 3.05) is 0 Å². The van der Waals surface area contributed by atoms with E-state index in [1.165, 1.54) is 6.33 Å². The highest BCUT2D eigenvalue weighted by atomic mass is 19.1. The largest absolute Gasteiger partial charge is 0.329 e. The number of hydrogen-bond donors (Lipinski definition) is 1. The lowest BCUT2D eigenvalue weighted by molar-refractivity contribution is 0.534. The molecule has 0 saturated heterocycles. The number of aromatic amines is 1. The highest BCUT2D eigenvalue weighted by molar-refractivity contribution is 5.72. The van der Waals surface area contributed by atoms with Crippen LogP contribution in [-0.2, 0) is 0 Å². The summed E-state index contributed by atoms with van der Waals surface area (Å²) in [6, 6.07) is 0. The first-order valence-corrected chi connectivity index (χ1v) is 4.05. The van der Waals surface area contributed by atoms with Crippen molar-refractivity contribution in [1.82, 2.24) is 19.9 Å². The van der Waals surface area contributed by atoms with Crippen molar-refractivity contribution < 1.29 is 4.39 Å². The Kier molecular flexibility index (Phi) is 1.72. The summed E-state index contributed by atoms with van der Waals surface area (Å²) in [7, 11) is 0. The molecule has 2 rings (SSSR count). The summed E-state index contributed by atoms with van der Waals surface area (Å²) in [5.74, 6) is 0.142. The van der Waals surface area contributed by atoms with Gasteiger partial charge in [0.05, 0.1) is 12.0 Å². The van der Waals surface area contributed by atoms with Gasteiger partial charge in [-0.25, -0.2) is 9.97 Å². The molecular weight excluding hydrogens is 171 g/mol.